The van der Waals surface area contributed by atoms with Crippen LogP contribution in [-0.2, 0) is 19.6 Å². The van der Waals surface area contributed by atoms with Crippen LogP contribution >= 0.6 is 0 Å². The van der Waals surface area contributed by atoms with E-state index in [2.05, 4.69) is 4.18 Å². The zero-order valence-corrected chi connectivity index (χ0v) is 16.0. The van der Waals surface area contributed by atoms with Crippen molar-refractivity contribution in [2.45, 2.75) is 23.9 Å². The molecule has 0 aromatic heterocycles. The first kappa shape index (κ1) is 23.1. The average Bonchev–Trinajstić information content (AvgIpc) is 2.58. The van der Waals surface area contributed by atoms with Crippen molar-refractivity contribution in [3.8, 4) is 5.75 Å². The van der Waals surface area contributed by atoms with Gasteiger partial charge < -0.3 is 18.7 Å². The summed E-state index contributed by atoms with van der Waals surface area (Å²) in [6, 6.07) is 4.85. The Labute approximate surface area is 164 Å². The Kier molecular flexibility index (Phi) is 6.93. The summed E-state index contributed by atoms with van der Waals surface area (Å²) in [7, 11) is -4.10. The van der Waals surface area contributed by atoms with Crippen LogP contribution in [0.1, 0.15) is 6.42 Å². The lowest BCUT2D eigenvalue weighted by Gasteiger charge is -2.49. The molecule has 0 unspecified atom stereocenters. The van der Waals surface area contributed by atoms with Crippen molar-refractivity contribution in [2.75, 3.05) is 38.3 Å². The Hall–Kier alpha value is -2.15. The number of anilines is 1. The number of carbonyl (C=O) groups excluding carboxylic acids is 1. The van der Waals surface area contributed by atoms with Crippen LogP contribution in [0.2, 0.25) is 0 Å². The molecule has 13 heteroatoms. The smallest absolute Gasteiger partial charge is 0.376 e. The number of rotatable bonds is 10. The Morgan fingerprint density at radius 2 is 1.83 bits per heavy atom. The Morgan fingerprint density at radius 3 is 2.24 bits per heavy atom. The highest BCUT2D eigenvalue weighted by Crippen LogP contribution is 2.34. The van der Waals surface area contributed by atoms with Crippen LogP contribution < -0.4 is 9.08 Å². The summed E-state index contributed by atoms with van der Waals surface area (Å²) in [4.78, 5) is 13.6. The third kappa shape index (κ3) is 5.47. The monoisotopic (exact) mass is 446 g/mol. The molecule has 1 heterocycles. The first-order valence-corrected chi connectivity index (χ1v) is 9.71. The number of nitrogens with zero attached hydrogens (tertiary/aromatic N) is 2. The van der Waals surface area contributed by atoms with Crippen molar-refractivity contribution in [3.63, 3.8) is 0 Å². The number of hydrogen-bond acceptors (Lipinski definition) is 6. The van der Waals surface area contributed by atoms with E-state index >= 15 is 0 Å². The van der Waals surface area contributed by atoms with Crippen LogP contribution in [0.3, 0.4) is 0 Å². The molecule has 1 aliphatic rings. The second kappa shape index (κ2) is 8.69. The maximum atomic E-state index is 12.5. The van der Waals surface area contributed by atoms with E-state index in [4.69, 9.17) is 4.74 Å². The summed E-state index contributed by atoms with van der Waals surface area (Å²) in [5.41, 5.74) is -5.64. The van der Waals surface area contributed by atoms with Crippen molar-refractivity contribution < 1.29 is 44.1 Å². The molecule has 29 heavy (non-hydrogen) atoms. The molecule has 1 aromatic carbocycles. The van der Waals surface area contributed by atoms with Gasteiger partial charge in [-0.05, 0) is 30.7 Å². The fourth-order valence-corrected chi connectivity index (χ4v) is 3.19. The number of hydrogen-bond donors (Lipinski definition) is 0. The molecule has 1 amide bonds. The van der Waals surface area contributed by atoms with Gasteiger partial charge in [-0.25, -0.2) is 8.78 Å². The number of halogens is 5. The standard InChI is InChI=1S/C16H19F5N2O5S/c1-22(15(9-27-10-15)6-7-23(11-24)8-14(17)18)12-2-4-13(5-3-12)28-29(25,26)16(19,20)21/h2-5,11,14H,6-10H2,1H3. The molecule has 0 aliphatic carbocycles. The van der Waals surface area contributed by atoms with Crippen molar-refractivity contribution in [2.24, 2.45) is 0 Å². The van der Waals surface area contributed by atoms with Crippen LogP contribution in [0.4, 0.5) is 27.6 Å². The first-order valence-electron chi connectivity index (χ1n) is 8.30. The van der Waals surface area contributed by atoms with Gasteiger partial charge in [0.15, 0.2) is 0 Å². The van der Waals surface area contributed by atoms with E-state index in [0.29, 0.717) is 18.5 Å². The van der Waals surface area contributed by atoms with Crippen molar-refractivity contribution in [3.05, 3.63) is 24.3 Å². The van der Waals surface area contributed by atoms with Crippen LogP contribution in [0.25, 0.3) is 0 Å². The van der Waals surface area contributed by atoms with Gasteiger partial charge >= 0.3 is 15.6 Å². The molecule has 1 fully saturated rings. The summed E-state index contributed by atoms with van der Waals surface area (Å²) < 4.78 is 93.5. The molecule has 0 radical (unpaired) electrons. The summed E-state index contributed by atoms with van der Waals surface area (Å²) in [6.45, 7) is -0.117. The highest BCUT2D eigenvalue weighted by molar-refractivity contribution is 7.88. The van der Waals surface area contributed by atoms with Gasteiger partial charge in [-0.1, -0.05) is 0 Å². The van der Waals surface area contributed by atoms with Gasteiger partial charge in [-0.3, -0.25) is 4.79 Å². The topological polar surface area (TPSA) is 76.2 Å². The fraction of sp³-hybridized carbons (Fsp3) is 0.562. The Balaban J connectivity index is 2.08. The fourth-order valence-electron chi connectivity index (χ4n) is 2.73. The van der Waals surface area contributed by atoms with Crippen LogP contribution in [0.15, 0.2) is 24.3 Å². The van der Waals surface area contributed by atoms with Gasteiger partial charge in [-0.2, -0.15) is 21.6 Å². The molecule has 0 spiro atoms. The molecular formula is C16H19F5N2O5S. The lowest BCUT2D eigenvalue weighted by molar-refractivity contribution is -0.121. The number of amides is 1. The number of likely N-dealkylation sites (N-methyl/N-ethyl adjacent to an activating group) is 1. The minimum atomic E-state index is -5.77. The van der Waals surface area contributed by atoms with E-state index in [1.54, 1.807) is 11.9 Å². The quantitative estimate of drug-likeness (QED) is 0.238. The molecule has 164 valence electrons. The van der Waals surface area contributed by atoms with E-state index in [1.165, 1.54) is 12.1 Å². The van der Waals surface area contributed by atoms with E-state index in [9.17, 15) is 35.2 Å². The lowest BCUT2D eigenvalue weighted by atomic mass is 9.90. The zero-order valence-electron chi connectivity index (χ0n) is 15.2. The SMILES string of the molecule is CN(c1ccc(OS(=O)(=O)C(F)(F)F)cc1)C1(CCN(C=O)CC(F)F)COC1. The predicted octanol–water partition coefficient (Wildman–Crippen LogP) is 2.23. The van der Waals surface area contributed by atoms with E-state index < -0.39 is 39.9 Å². The van der Waals surface area contributed by atoms with E-state index in [-0.39, 0.29) is 19.8 Å². The molecule has 0 bridgehead atoms. The predicted molar refractivity (Wildman–Crippen MR) is 92.3 cm³/mol. The van der Waals surface area contributed by atoms with E-state index in [1.807, 2.05) is 0 Å². The lowest BCUT2D eigenvalue weighted by Crippen LogP contribution is -2.62. The van der Waals surface area contributed by atoms with Crippen molar-refractivity contribution >= 4 is 22.2 Å². The van der Waals surface area contributed by atoms with Crippen LogP contribution in [0.5, 0.6) is 5.75 Å². The van der Waals surface area contributed by atoms with Crippen LogP contribution in [-0.4, -0.2) is 70.6 Å². The van der Waals surface area contributed by atoms with Gasteiger partial charge in [0.1, 0.15) is 5.75 Å². The third-order valence-electron chi connectivity index (χ3n) is 4.55. The molecule has 1 aromatic rings. The highest BCUT2D eigenvalue weighted by Gasteiger charge is 2.48. The second-order valence-corrected chi connectivity index (χ2v) is 8.03. The highest BCUT2D eigenvalue weighted by atomic mass is 32.2. The van der Waals surface area contributed by atoms with Gasteiger partial charge in [0.25, 0.3) is 6.43 Å². The Morgan fingerprint density at radius 1 is 1.24 bits per heavy atom. The number of ether oxygens (including phenoxy) is 1. The minimum Gasteiger partial charge on any atom is -0.376 e. The molecule has 7 nitrogen and oxygen atoms in total. The molecule has 0 saturated carbocycles. The summed E-state index contributed by atoms with van der Waals surface area (Å²) in [5, 5.41) is 0. The third-order valence-corrected chi connectivity index (χ3v) is 5.53. The van der Waals surface area contributed by atoms with Crippen molar-refractivity contribution in [1.29, 1.82) is 0 Å². The number of alkyl halides is 5. The first-order chi connectivity index (χ1) is 13.4. The van der Waals surface area contributed by atoms with E-state index in [0.717, 1.165) is 17.0 Å². The molecule has 2 rings (SSSR count). The van der Waals surface area contributed by atoms with Crippen molar-refractivity contribution in [1.82, 2.24) is 4.90 Å². The maximum Gasteiger partial charge on any atom is 0.534 e. The minimum absolute atomic E-state index is 0.0621. The second-order valence-electron chi connectivity index (χ2n) is 6.49. The maximum absolute atomic E-state index is 12.5. The normalized spacial score (nSPS) is 16.2. The number of benzene rings is 1. The molecular weight excluding hydrogens is 427 g/mol. The number of carbonyl (C=O) groups is 1. The summed E-state index contributed by atoms with van der Waals surface area (Å²) in [6.07, 6.45) is -2.01. The largest absolute Gasteiger partial charge is 0.534 e. The average molecular weight is 446 g/mol. The van der Waals surface area contributed by atoms with Gasteiger partial charge in [0.05, 0.1) is 25.3 Å². The van der Waals surface area contributed by atoms with Gasteiger partial charge in [0.2, 0.25) is 6.41 Å². The molecule has 0 atom stereocenters. The summed E-state index contributed by atoms with van der Waals surface area (Å²) >= 11 is 0. The molecule has 0 N–H and O–H groups in total. The molecule has 1 aliphatic heterocycles. The molecule has 1 saturated heterocycles. The zero-order chi connectivity index (χ0) is 21.9. The van der Waals surface area contributed by atoms with Crippen LogP contribution in [0, 0.1) is 0 Å². The Bertz CT molecular complexity index is 797. The van der Waals surface area contributed by atoms with Gasteiger partial charge in [-0.15, -0.1) is 0 Å². The summed E-state index contributed by atoms with van der Waals surface area (Å²) in [5.74, 6) is -0.512. The van der Waals surface area contributed by atoms with Gasteiger partial charge in [0, 0.05) is 19.3 Å².